The van der Waals surface area contributed by atoms with Crippen molar-refractivity contribution in [3.05, 3.63) is 32.6 Å². The van der Waals surface area contributed by atoms with Gasteiger partial charge in [0.15, 0.2) is 6.29 Å². The maximum Gasteiger partial charge on any atom is 0.154 e. The molecule has 0 amide bonds. The number of nitrogens with zero attached hydrogens (tertiary/aromatic N) is 1. The quantitative estimate of drug-likeness (QED) is 0.619. The summed E-state index contributed by atoms with van der Waals surface area (Å²) in [5, 5.41) is 8.44. The minimum Gasteiger partial charge on any atom is -0.298 e. The molecule has 1 aromatic carbocycles. The Morgan fingerprint density at radius 2 is 2.31 bits per heavy atom. The highest BCUT2D eigenvalue weighted by atomic mass is 127. The fourth-order valence-electron chi connectivity index (χ4n) is 0.944. The topological polar surface area (TPSA) is 40.9 Å². The highest BCUT2D eigenvalue weighted by Crippen LogP contribution is 2.19. The van der Waals surface area contributed by atoms with Crippen LogP contribution in [0.25, 0.3) is 0 Å². The minimum atomic E-state index is -0.541. The molecule has 1 aromatic rings. The van der Waals surface area contributed by atoms with Gasteiger partial charge in [-0.15, -0.1) is 0 Å². The van der Waals surface area contributed by atoms with Gasteiger partial charge in [-0.25, -0.2) is 4.39 Å². The van der Waals surface area contributed by atoms with Crippen LogP contribution in [-0.2, 0) is 6.42 Å². The zero-order valence-corrected chi connectivity index (χ0v) is 8.71. The average Bonchev–Trinajstić information content (AvgIpc) is 2.11. The van der Waals surface area contributed by atoms with E-state index in [1.165, 1.54) is 12.1 Å². The van der Waals surface area contributed by atoms with E-state index in [0.717, 1.165) is 0 Å². The van der Waals surface area contributed by atoms with Crippen molar-refractivity contribution in [3.8, 4) is 6.07 Å². The van der Waals surface area contributed by atoms with Crippen LogP contribution in [0, 0.1) is 20.7 Å². The molecular weight excluding hydrogens is 284 g/mol. The fourth-order valence-corrected chi connectivity index (χ4v) is 1.70. The summed E-state index contributed by atoms with van der Waals surface area (Å²) in [6.07, 6.45) is 0.664. The lowest BCUT2D eigenvalue weighted by Crippen LogP contribution is -1.97. The Bertz CT molecular complexity index is 384. The van der Waals surface area contributed by atoms with Crippen molar-refractivity contribution in [1.29, 1.82) is 5.26 Å². The van der Waals surface area contributed by atoms with E-state index in [1.54, 1.807) is 0 Å². The van der Waals surface area contributed by atoms with Crippen LogP contribution < -0.4 is 0 Å². The molecule has 0 bridgehead atoms. The molecule has 0 unspecified atom stereocenters. The lowest BCUT2D eigenvalue weighted by Gasteiger charge is -2.02. The molecule has 0 atom stereocenters. The average molecular weight is 289 g/mol. The molecule has 2 nitrogen and oxygen atoms in total. The van der Waals surface area contributed by atoms with E-state index >= 15 is 0 Å². The van der Waals surface area contributed by atoms with E-state index < -0.39 is 5.82 Å². The van der Waals surface area contributed by atoms with Crippen molar-refractivity contribution in [2.45, 2.75) is 6.42 Å². The molecule has 0 heterocycles. The van der Waals surface area contributed by atoms with Crippen LogP contribution in [0.2, 0.25) is 0 Å². The zero-order chi connectivity index (χ0) is 9.84. The summed E-state index contributed by atoms with van der Waals surface area (Å²) >= 11 is 1.87. The number of benzene rings is 1. The van der Waals surface area contributed by atoms with Crippen LogP contribution in [-0.4, -0.2) is 6.29 Å². The summed E-state index contributed by atoms with van der Waals surface area (Å²) < 4.78 is 13.5. The largest absolute Gasteiger partial charge is 0.298 e. The van der Waals surface area contributed by atoms with E-state index in [0.29, 0.717) is 15.4 Å². The van der Waals surface area contributed by atoms with Gasteiger partial charge in [0.1, 0.15) is 5.82 Å². The molecule has 0 N–H and O–H groups in total. The van der Waals surface area contributed by atoms with Crippen LogP contribution in [0.1, 0.15) is 15.9 Å². The third-order valence-corrected chi connectivity index (χ3v) is 2.87. The molecular formula is C9H5FINO. The number of hydrogen-bond donors (Lipinski definition) is 0. The van der Waals surface area contributed by atoms with Crippen molar-refractivity contribution in [3.63, 3.8) is 0 Å². The van der Waals surface area contributed by atoms with Gasteiger partial charge in [-0.05, 0) is 34.2 Å². The maximum atomic E-state index is 13.0. The van der Waals surface area contributed by atoms with Crippen molar-refractivity contribution >= 4 is 28.9 Å². The molecule has 1 rings (SSSR count). The first-order chi connectivity index (χ1) is 6.20. The second-order valence-electron chi connectivity index (χ2n) is 2.39. The van der Waals surface area contributed by atoms with E-state index in [-0.39, 0.29) is 12.0 Å². The summed E-state index contributed by atoms with van der Waals surface area (Å²) in [6.45, 7) is 0. The van der Waals surface area contributed by atoms with Crippen molar-refractivity contribution in [2.75, 3.05) is 0 Å². The third-order valence-electron chi connectivity index (χ3n) is 1.59. The molecule has 0 saturated heterocycles. The predicted molar refractivity (Wildman–Crippen MR) is 53.8 cm³/mol. The van der Waals surface area contributed by atoms with Crippen molar-refractivity contribution < 1.29 is 9.18 Å². The Balaban J connectivity index is 3.28. The van der Waals surface area contributed by atoms with Crippen molar-refractivity contribution in [1.82, 2.24) is 0 Å². The van der Waals surface area contributed by atoms with E-state index in [1.807, 2.05) is 28.7 Å². The first-order valence-corrected chi connectivity index (χ1v) is 4.57. The standard InChI is InChI=1S/C9H5FINO/c10-8-2-1-6(3-4-12)9(11)7(8)5-13/h1-2,5H,3H2. The predicted octanol–water partition coefficient (Wildman–Crippen LogP) is 2.31. The highest BCUT2D eigenvalue weighted by molar-refractivity contribution is 14.1. The van der Waals surface area contributed by atoms with Gasteiger partial charge < -0.3 is 0 Å². The van der Waals surface area contributed by atoms with Gasteiger partial charge >= 0.3 is 0 Å². The molecule has 0 aliphatic rings. The van der Waals surface area contributed by atoms with Gasteiger partial charge in [0.25, 0.3) is 0 Å². The van der Waals surface area contributed by atoms with Gasteiger partial charge in [-0.1, -0.05) is 6.07 Å². The summed E-state index contributed by atoms with van der Waals surface area (Å²) in [5.41, 5.74) is 0.722. The monoisotopic (exact) mass is 289 g/mol. The van der Waals surface area contributed by atoms with Gasteiger partial charge in [0.05, 0.1) is 18.1 Å². The SMILES string of the molecule is N#CCc1ccc(F)c(C=O)c1I. The Hall–Kier alpha value is -0.960. The molecule has 0 aliphatic carbocycles. The summed E-state index contributed by atoms with van der Waals surface area (Å²) in [5.74, 6) is -0.541. The number of nitriles is 1. The minimum absolute atomic E-state index is 0.0355. The lowest BCUT2D eigenvalue weighted by molar-refractivity contribution is 0.111. The molecule has 0 spiro atoms. The summed E-state index contributed by atoms with van der Waals surface area (Å²) in [7, 11) is 0. The third kappa shape index (κ3) is 2.04. The Morgan fingerprint density at radius 3 is 2.85 bits per heavy atom. The van der Waals surface area contributed by atoms with Gasteiger partial charge in [-0.2, -0.15) is 5.26 Å². The smallest absolute Gasteiger partial charge is 0.154 e. The lowest BCUT2D eigenvalue weighted by atomic mass is 10.1. The molecule has 0 saturated carbocycles. The number of hydrogen-bond acceptors (Lipinski definition) is 2. The first-order valence-electron chi connectivity index (χ1n) is 3.49. The molecule has 13 heavy (non-hydrogen) atoms. The Kier molecular flexibility index (Phi) is 3.37. The second kappa shape index (κ2) is 4.33. The maximum absolute atomic E-state index is 13.0. The summed E-state index contributed by atoms with van der Waals surface area (Å²) in [4.78, 5) is 10.5. The number of carbonyl (C=O) groups is 1. The fraction of sp³-hybridized carbons (Fsp3) is 0.111. The Morgan fingerprint density at radius 1 is 1.62 bits per heavy atom. The first kappa shape index (κ1) is 10.1. The zero-order valence-electron chi connectivity index (χ0n) is 6.55. The molecule has 0 fully saturated rings. The van der Waals surface area contributed by atoms with Crippen LogP contribution in [0.4, 0.5) is 4.39 Å². The van der Waals surface area contributed by atoms with Crippen molar-refractivity contribution in [2.24, 2.45) is 0 Å². The van der Waals surface area contributed by atoms with Crippen LogP contribution in [0.3, 0.4) is 0 Å². The number of rotatable bonds is 2. The molecule has 0 aromatic heterocycles. The van der Waals surface area contributed by atoms with Crippen LogP contribution >= 0.6 is 22.6 Å². The number of aldehydes is 1. The van der Waals surface area contributed by atoms with Gasteiger partial charge in [0, 0.05) is 3.57 Å². The van der Waals surface area contributed by atoms with Gasteiger partial charge in [0.2, 0.25) is 0 Å². The Labute approximate surface area is 88.5 Å². The van der Waals surface area contributed by atoms with E-state index in [2.05, 4.69) is 0 Å². The second-order valence-corrected chi connectivity index (χ2v) is 3.47. The number of carbonyl (C=O) groups excluding carboxylic acids is 1. The number of halogens is 2. The molecule has 66 valence electrons. The van der Waals surface area contributed by atoms with E-state index in [9.17, 15) is 9.18 Å². The van der Waals surface area contributed by atoms with Crippen LogP contribution in [0.5, 0.6) is 0 Å². The molecule has 0 radical (unpaired) electrons. The molecule has 4 heteroatoms. The normalized spacial score (nSPS) is 9.31. The van der Waals surface area contributed by atoms with E-state index in [4.69, 9.17) is 5.26 Å². The molecule has 0 aliphatic heterocycles. The highest BCUT2D eigenvalue weighted by Gasteiger charge is 2.09. The summed E-state index contributed by atoms with van der Waals surface area (Å²) in [6, 6.07) is 4.68. The van der Waals surface area contributed by atoms with Crippen LogP contribution in [0.15, 0.2) is 12.1 Å². The van der Waals surface area contributed by atoms with Gasteiger partial charge in [-0.3, -0.25) is 4.79 Å².